The van der Waals surface area contributed by atoms with Gasteiger partial charge in [0.05, 0.1) is 17.4 Å². The third-order valence-electron chi connectivity index (χ3n) is 3.22. The Balaban J connectivity index is 1.56. The predicted octanol–water partition coefficient (Wildman–Crippen LogP) is 1.63. The third kappa shape index (κ3) is 2.66. The molecule has 0 saturated heterocycles. The summed E-state index contributed by atoms with van der Waals surface area (Å²) in [6, 6.07) is 8.30. The van der Waals surface area contributed by atoms with Crippen molar-refractivity contribution in [1.82, 2.24) is 25.3 Å². The van der Waals surface area contributed by atoms with Crippen LogP contribution in [0.4, 0.5) is 0 Å². The molecule has 0 atom stereocenters. The van der Waals surface area contributed by atoms with Crippen molar-refractivity contribution in [2.75, 3.05) is 6.54 Å². The second kappa shape index (κ2) is 5.24. The van der Waals surface area contributed by atoms with E-state index in [4.69, 9.17) is 0 Å². The Kier molecular flexibility index (Phi) is 3.29. The highest BCUT2D eigenvalue weighted by molar-refractivity contribution is 5.81. The van der Waals surface area contributed by atoms with Crippen LogP contribution in [0.2, 0.25) is 0 Å². The number of benzene rings is 1. The van der Waals surface area contributed by atoms with Crippen LogP contribution in [0.3, 0.4) is 0 Å². The minimum absolute atomic E-state index is 0.808. The van der Waals surface area contributed by atoms with Crippen LogP contribution in [0.15, 0.2) is 36.7 Å². The van der Waals surface area contributed by atoms with Crippen LogP contribution < -0.4 is 5.32 Å². The number of hydrogen-bond acceptors (Lipinski definition) is 3. The van der Waals surface area contributed by atoms with E-state index in [0.717, 1.165) is 30.7 Å². The molecule has 98 valence electrons. The fourth-order valence-corrected chi connectivity index (χ4v) is 2.24. The molecule has 19 heavy (non-hydrogen) atoms. The Morgan fingerprint density at radius 2 is 2.26 bits per heavy atom. The minimum atomic E-state index is 0.808. The van der Waals surface area contributed by atoms with E-state index in [-0.39, 0.29) is 0 Å². The minimum Gasteiger partial charge on any atom is -0.311 e. The number of aromatic nitrogens is 4. The molecule has 0 amide bonds. The largest absolute Gasteiger partial charge is 0.311 e. The molecule has 0 fully saturated rings. The molecule has 1 aromatic carbocycles. The van der Waals surface area contributed by atoms with Gasteiger partial charge in [-0.15, -0.1) is 0 Å². The normalized spacial score (nSPS) is 11.2. The lowest BCUT2D eigenvalue weighted by molar-refractivity contribution is 0.655. The lowest BCUT2D eigenvalue weighted by Gasteiger charge is -2.04. The van der Waals surface area contributed by atoms with Gasteiger partial charge in [0.25, 0.3) is 0 Å². The summed E-state index contributed by atoms with van der Waals surface area (Å²) in [5.41, 5.74) is 3.49. The molecule has 0 spiro atoms. The van der Waals surface area contributed by atoms with Gasteiger partial charge >= 0.3 is 0 Å². The standard InChI is InChI=1S/C14H17N5/c1-19-8-6-12(18-19)9-15-7-5-11-3-2-4-14-13(11)10-16-17-14/h2-4,6,8,10,15H,5,7,9H2,1H3,(H,16,17). The quantitative estimate of drug-likeness (QED) is 0.681. The van der Waals surface area contributed by atoms with Crippen molar-refractivity contribution in [3.63, 3.8) is 0 Å². The van der Waals surface area contributed by atoms with E-state index in [0.29, 0.717) is 0 Å². The van der Waals surface area contributed by atoms with Gasteiger partial charge in [-0.3, -0.25) is 9.78 Å². The monoisotopic (exact) mass is 255 g/mol. The molecule has 2 aromatic heterocycles. The van der Waals surface area contributed by atoms with E-state index >= 15 is 0 Å². The van der Waals surface area contributed by atoms with Crippen molar-refractivity contribution in [3.8, 4) is 0 Å². The Morgan fingerprint density at radius 1 is 1.32 bits per heavy atom. The van der Waals surface area contributed by atoms with Crippen molar-refractivity contribution in [3.05, 3.63) is 47.9 Å². The molecule has 5 heteroatoms. The number of H-pyrrole nitrogens is 1. The summed E-state index contributed by atoms with van der Waals surface area (Å²) in [6.07, 6.45) is 4.84. The maximum atomic E-state index is 4.34. The number of nitrogens with one attached hydrogen (secondary N) is 2. The number of fused-ring (bicyclic) bond motifs is 1. The second-order valence-electron chi connectivity index (χ2n) is 4.66. The molecule has 3 aromatic rings. The van der Waals surface area contributed by atoms with Crippen molar-refractivity contribution >= 4 is 10.9 Å². The predicted molar refractivity (Wildman–Crippen MR) is 74.7 cm³/mol. The van der Waals surface area contributed by atoms with E-state index in [9.17, 15) is 0 Å². The van der Waals surface area contributed by atoms with E-state index in [2.05, 4.69) is 32.7 Å². The van der Waals surface area contributed by atoms with Crippen LogP contribution in [0.25, 0.3) is 10.9 Å². The SMILES string of the molecule is Cn1ccc(CNCCc2cccc3[nH]ncc23)n1. The smallest absolute Gasteiger partial charge is 0.0762 e. The number of hydrogen-bond donors (Lipinski definition) is 2. The Bertz CT molecular complexity index is 667. The fourth-order valence-electron chi connectivity index (χ4n) is 2.24. The first kappa shape index (κ1) is 11.9. The van der Waals surface area contributed by atoms with Crippen molar-refractivity contribution in [2.45, 2.75) is 13.0 Å². The summed E-state index contributed by atoms with van der Waals surface area (Å²) in [7, 11) is 1.93. The Morgan fingerprint density at radius 3 is 3.11 bits per heavy atom. The molecule has 0 bridgehead atoms. The van der Waals surface area contributed by atoms with Gasteiger partial charge in [0, 0.05) is 25.2 Å². The van der Waals surface area contributed by atoms with E-state index in [1.807, 2.05) is 36.3 Å². The highest BCUT2D eigenvalue weighted by Crippen LogP contribution is 2.16. The molecule has 2 heterocycles. The van der Waals surface area contributed by atoms with Crippen LogP contribution in [0.5, 0.6) is 0 Å². The molecular weight excluding hydrogens is 238 g/mol. The van der Waals surface area contributed by atoms with Crippen molar-refractivity contribution in [2.24, 2.45) is 7.05 Å². The lowest BCUT2D eigenvalue weighted by Crippen LogP contribution is -2.17. The summed E-state index contributed by atoms with van der Waals surface area (Å²) in [6.45, 7) is 1.74. The summed E-state index contributed by atoms with van der Waals surface area (Å²) < 4.78 is 1.82. The molecule has 2 N–H and O–H groups in total. The molecule has 0 aliphatic carbocycles. The second-order valence-corrected chi connectivity index (χ2v) is 4.66. The van der Waals surface area contributed by atoms with E-state index in [1.165, 1.54) is 10.9 Å². The van der Waals surface area contributed by atoms with Crippen LogP contribution >= 0.6 is 0 Å². The number of aryl methyl sites for hydroxylation is 1. The summed E-state index contributed by atoms with van der Waals surface area (Å²) in [5, 5.41) is 16.0. The summed E-state index contributed by atoms with van der Waals surface area (Å²) >= 11 is 0. The zero-order valence-electron chi connectivity index (χ0n) is 10.9. The maximum absolute atomic E-state index is 4.34. The number of rotatable bonds is 5. The van der Waals surface area contributed by atoms with Gasteiger partial charge in [-0.05, 0) is 30.7 Å². The molecule has 0 radical (unpaired) electrons. The first-order chi connectivity index (χ1) is 9.33. The van der Waals surface area contributed by atoms with E-state index in [1.54, 1.807) is 0 Å². The number of aromatic amines is 1. The van der Waals surface area contributed by atoms with E-state index < -0.39 is 0 Å². The zero-order chi connectivity index (χ0) is 13.1. The summed E-state index contributed by atoms with van der Waals surface area (Å²) in [4.78, 5) is 0. The van der Waals surface area contributed by atoms with Gasteiger partial charge in [-0.25, -0.2) is 0 Å². The topological polar surface area (TPSA) is 58.5 Å². The molecule has 5 nitrogen and oxygen atoms in total. The third-order valence-corrected chi connectivity index (χ3v) is 3.22. The highest BCUT2D eigenvalue weighted by Gasteiger charge is 2.02. The van der Waals surface area contributed by atoms with Crippen LogP contribution in [-0.2, 0) is 20.0 Å². The van der Waals surface area contributed by atoms with Gasteiger partial charge < -0.3 is 5.32 Å². The van der Waals surface area contributed by atoms with Gasteiger partial charge in [-0.2, -0.15) is 10.2 Å². The first-order valence-electron chi connectivity index (χ1n) is 6.43. The van der Waals surface area contributed by atoms with Crippen LogP contribution in [0.1, 0.15) is 11.3 Å². The zero-order valence-corrected chi connectivity index (χ0v) is 10.9. The van der Waals surface area contributed by atoms with Crippen LogP contribution in [-0.4, -0.2) is 26.5 Å². The molecule has 3 rings (SSSR count). The first-order valence-corrected chi connectivity index (χ1v) is 6.43. The fraction of sp³-hybridized carbons (Fsp3) is 0.286. The molecular formula is C14H17N5. The van der Waals surface area contributed by atoms with Crippen molar-refractivity contribution < 1.29 is 0 Å². The maximum Gasteiger partial charge on any atom is 0.0762 e. The van der Waals surface area contributed by atoms with Gasteiger partial charge in [0.15, 0.2) is 0 Å². The van der Waals surface area contributed by atoms with Crippen LogP contribution in [0, 0.1) is 0 Å². The molecule has 0 aliphatic heterocycles. The average Bonchev–Trinajstić information content (AvgIpc) is 3.03. The average molecular weight is 255 g/mol. The Labute approximate surface area is 111 Å². The highest BCUT2D eigenvalue weighted by atomic mass is 15.3. The number of nitrogens with zero attached hydrogens (tertiary/aromatic N) is 3. The van der Waals surface area contributed by atoms with Gasteiger partial charge in [0.2, 0.25) is 0 Å². The van der Waals surface area contributed by atoms with Crippen molar-refractivity contribution in [1.29, 1.82) is 0 Å². The lowest BCUT2D eigenvalue weighted by atomic mass is 10.1. The molecule has 0 aliphatic rings. The molecule has 0 unspecified atom stereocenters. The van der Waals surface area contributed by atoms with Gasteiger partial charge in [0.1, 0.15) is 0 Å². The Hall–Kier alpha value is -2.14. The molecule has 0 saturated carbocycles. The summed E-state index contributed by atoms with van der Waals surface area (Å²) in [5.74, 6) is 0. The van der Waals surface area contributed by atoms with Gasteiger partial charge in [-0.1, -0.05) is 12.1 Å².